The number of phenolic OH excluding ortho intramolecular Hbond substituents is 1. The van der Waals surface area contributed by atoms with Gasteiger partial charge in [0.15, 0.2) is 0 Å². The maximum atomic E-state index is 10.9. The fraction of sp³-hybridized carbons (Fsp3) is 0.727. The van der Waals surface area contributed by atoms with Gasteiger partial charge in [0.25, 0.3) is 0 Å². The minimum Gasteiger partial charge on any atom is -0.507 e. The first-order chi connectivity index (χ1) is 12.3. The Morgan fingerprint density at radius 2 is 1.58 bits per heavy atom. The molecule has 0 heterocycles. The van der Waals surface area contributed by atoms with Crippen LogP contribution in [0.2, 0.25) is 0 Å². The Bertz CT molecular complexity index is 571. The van der Waals surface area contributed by atoms with Crippen LogP contribution in [0.25, 0.3) is 0 Å². The van der Waals surface area contributed by atoms with Crippen LogP contribution in [0.5, 0.6) is 5.75 Å². The van der Waals surface area contributed by atoms with Gasteiger partial charge in [-0.2, -0.15) is 0 Å². The number of phenols is 1. The van der Waals surface area contributed by atoms with Crippen molar-refractivity contribution in [2.45, 2.75) is 70.5 Å². The molecule has 2 rings (SSSR count). The maximum Gasteiger partial charge on any atom is 0.123 e. The summed E-state index contributed by atoms with van der Waals surface area (Å²) in [6.07, 6.45) is 8.37. The Morgan fingerprint density at radius 1 is 0.962 bits per heavy atom. The van der Waals surface area contributed by atoms with E-state index in [0.29, 0.717) is 17.8 Å². The second-order valence-corrected chi connectivity index (χ2v) is 8.41. The fourth-order valence-corrected chi connectivity index (χ4v) is 4.27. The Hall–Kier alpha value is -1.26. The van der Waals surface area contributed by atoms with Gasteiger partial charge < -0.3 is 14.9 Å². The lowest BCUT2D eigenvalue weighted by Gasteiger charge is -2.41. The van der Waals surface area contributed by atoms with E-state index in [9.17, 15) is 5.11 Å². The Balaban J connectivity index is 2.24. The van der Waals surface area contributed by atoms with Gasteiger partial charge in [-0.1, -0.05) is 26.2 Å². The highest BCUT2D eigenvalue weighted by Gasteiger charge is 2.30. The Labute approximate surface area is 160 Å². The average molecular weight is 362 g/mol. The second-order valence-electron chi connectivity index (χ2n) is 8.41. The molecule has 1 N–H and O–H groups in total. The first kappa shape index (κ1) is 21.0. The molecule has 0 amide bonds. The van der Waals surface area contributed by atoms with E-state index < -0.39 is 0 Å². The van der Waals surface area contributed by atoms with Crippen molar-refractivity contribution in [2.24, 2.45) is 0 Å². The van der Waals surface area contributed by atoms with Crippen molar-refractivity contribution in [3.63, 3.8) is 0 Å². The van der Waals surface area contributed by atoms with Crippen LogP contribution in [-0.4, -0.2) is 62.2 Å². The highest BCUT2D eigenvalue weighted by atomic mass is 16.3. The van der Waals surface area contributed by atoms with Gasteiger partial charge in [0.1, 0.15) is 5.75 Å². The number of anilines is 1. The molecule has 4 nitrogen and oxygen atoms in total. The molecule has 0 bridgehead atoms. The summed E-state index contributed by atoms with van der Waals surface area (Å²) in [5, 5.41) is 10.9. The van der Waals surface area contributed by atoms with Crippen molar-refractivity contribution in [3.8, 4) is 5.75 Å². The molecular formula is C22H39N3O. The predicted octanol–water partition coefficient (Wildman–Crippen LogP) is 4.11. The normalized spacial score (nSPS) is 20.8. The zero-order chi connectivity index (χ0) is 19.3. The van der Waals surface area contributed by atoms with Crippen LogP contribution in [0.15, 0.2) is 12.1 Å². The molecule has 0 aliphatic heterocycles. The number of hydrogen-bond donors (Lipinski definition) is 1. The van der Waals surface area contributed by atoms with Crippen LogP contribution in [0, 0.1) is 0 Å². The van der Waals surface area contributed by atoms with E-state index >= 15 is 0 Å². The summed E-state index contributed by atoms with van der Waals surface area (Å²) in [5.74, 6) is 0.508. The zero-order valence-corrected chi connectivity index (χ0v) is 17.8. The van der Waals surface area contributed by atoms with Gasteiger partial charge in [-0.05, 0) is 64.5 Å². The number of likely N-dealkylation sites (N-methyl/N-ethyl adjacent to an activating group) is 2. The van der Waals surface area contributed by atoms with Crippen molar-refractivity contribution < 1.29 is 5.11 Å². The van der Waals surface area contributed by atoms with Crippen LogP contribution < -0.4 is 4.90 Å². The largest absolute Gasteiger partial charge is 0.507 e. The van der Waals surface area contributed by atoms with Gasteiger partial charge in [-0.25, -0.2) is 0 Å². The minimum atomic E-state index is 0.508. The number of unbranched alkanes of at least 4 members (excludes halogenated alkanes) is 1. The van der Waals surface area contributed by atoms with E-state index in [-0.39, 0.29) is 0 Å². The minimum absolute atomic E-state index is 0.508. The SMILES string of the molecule is CCCCc1cc(N(C)C)cc(CN(C)[C@@H]2CCCC[C@H]2N(C)C)c1O. The molecule has 0 unspecified atom stereocenters. The van der Waals surface area contributed by atoms with Crippen molar-refractivity contribution >= 4 is 5.69 Å². The zero-order valence-electron chi connectivity index (χ0n) is 17.8. The van der Waals surface area contributed by atoms with E-state index in [1.165, 1.54) is 31.4 Å². The Morgan fingerprint density at radius 3 is 2.15 bits per heavy atom. The highest BCUT2D eigenvalue weighted by Crippen LogP contribution is 2.33. The molecule has 26 heavy (non-hydrogen) atoms. The molecule has 2 atom stereocenters. The summed E-state index contributed by atoms with van der Waals surface area (Å²) in [4.78, 5) is 6.98. The van der Waals surface area contributed by atoms with Crippen molar-refractivity contribution in [2.75, 3.05) is 40.1 Å². The lowest BCUT2D eigenvalue weighted by Crippen LogP contribution is -2.49. The molecule has 0 radical (unpaired) electrons. The second kappa shape index (κ2) is 9.61. The molecule has 1 aliphatic carbocycles. The van der Waals surface area contributed by atoms with Crippen LogP contribution in [-0.2, 0) is 13.0 Å². The van der Waals surface area contributed by atoms with Crippen molar-refractivity contribution in [1.29, 1.82) is 0 Å². The fourth-order valence-electron chi connectivity index (χ4n) is 4.27. The summed E-state index contributed by atoms with van der Waals surface area (Å²) >= 11 is 0. The van der Waals surface area contributed by atoms with Crippen LogP contribution in [0.1, 0.15) is 56.6 Å². The van der Waals surface area contributed by atoms with Crippen LogP contribution >= 0.6 is 0 Å². The molecule has 1 aliphatic rings. The molecule has 1 aromatic rings. The van der Waals surface area contributed by atoms with E-state index in [2.05, 4.69) is 69.0 Å². The van der Waals surface area contributed by atoms with E-state index in [4.69, 9.17) is 0 Å². The molecule has 1 fully saturated rings. The van der Waals surface area contributed by atoms with Crippen molar-refractivity contribution in [1.82, 2.24) is 9.80 Å². The third-order valence-corrected chi connectivity index (χ3v) is 5.91. The molecule has 0 spiro atoms. The molecule has 4 heteroatoms. The average Bonchev–Trinajstić information content (AvgIpc) is 2.61. The number of nitrogens with zero attached hydrogens (tertiary/aromatic N) is 3. The van der Waals surface area contributed by atoms with E-state index in [0.717, 1.165) is 36.9 Å². The lowest BCUT2D eigenvalue weighted by molar-refractivity contribution is 0.0872. The summed E-state index contributed by atoms with van der Waals surface area (Å²) in [5.41, 5.74) is 3.34. The van der Waals surface area contributed by atoms with E-state index in [1.54, 1.807) is 0 Å². The highest BCUT2D eigenvalue weighted by molar-refractivity contribution is 5.56. The molecule has 1 saturated carbocycles. The topological polar surface area (TPSA) is 30.0 Å². The number of rotatable bonds is 8. The summed E-state index contributed by atoms with van der Waals surface area (Å²) < 4.78 is 0. The van der Waals surface area contributed by atoms with Gasteiger partial charge in [-0.15, -0.1) is 0 Å². The molecule has 1 aromatic carbocycles. The standard InChI is InChI=1S/C22H39N3O/c1-7-8-11-17-14-19(23(2)3)15-18(22(17)26)16-25(6)21-13-10-9-12-20(21)24(4)5/h14-15,20-21,26H,7-13,16H2,1-6H3/t20-,21-/m1/s1. The molecular weight excluding hydrogens is 322 g/mol. The number of hydrogen-bond acceptors (Lipinski definition) is 4. The summed E-state index contributed by atoms with van der Waals surface area (Å²) in [6.45, 7) is 3.01. The third-order valence-electron chi connectivity index (χ3n) is 5.91. The van der Waals surface area contributed by atoms with Crippen LogP contribution in [0.4, 0.5) is 5.69 Å². The van der Waals surface area contributed by atoms with Crippen LogP contribution in [0.3, 0.4) is 0 Å². The number of aryl methyl sites for hydroxylation is 1. The smallest absolute Gasteiger partial charge is 0.123 e. The first-order valence-electron chi connectivity index (χ1n) is 10.2. The van der Waals surface area contributed by atoms with Gasteiger partial charge in [0.2, 0.25) is 0 Å². The maximum absolute atomic E-state index is 10.9. The number of benzene rings is 1. The van der Waals surface area contributed by atoms with Gasteiger partial charge in [0, 0.05) is 44.0 Å². The monoisotopic (exact) mass is 361 g/mol. The number of aromatic hydroxyl groups is 1. The predicted molar refractivity (Wildman–Crippen MR) is 112 cm³/mol. The van der Waals surface area contributed by atoms with Gasteiger partial charge in [0.05, 0.1) is 0 Å². The quantitative estimate of drug-likeness (QED) is 0.755. The Kier molecular flexibility index (Phi) is 7.78. The molecule has 0 saturated heterocycles. The summed E-state index contributed by atoms with van der Waals surface area (Å²) in [7, 11) is 10.8. The summed E-state index contributed by atoms with van der Waals surface area (Å²) in [6, 6.07) is 5.47. The van der Waals surface area contributed by atoms with Gasteiger partial charge in [-0.3, -0.25) is 4.90 Å². The van der Waals surface area contributed by atoms with Gasteiger partial charge >= 0.3 is 0 Å². The molecule has 148 valence electrons. The van der Waals surface area contributed by atoms with E-state index in [1.807, 2.05) is 0 Å². The molecule has 0 aromatic heterocycles. The van der Waals surface area contributed by atoms with Crippen molar-refractivity contribution in [3.05, 3.63) is 23.3 Å². The third kappa shape index (κ3) is 5.14. The first-order valence-corrected chi connectivity index (χ1v) is 10.2. The lowest BCUT2D eigenvalue weighted by atomic mass is 9.88.